The average Bonchev–Trinajstić information content (AvgIpc) is 1.99. The Hall–Kier alpha value is -1.49. The van der Waals surface area contributed by atoms with Gasteiger partial charge >= 0.3 is 0 Å². The van der Waals surface area contributed by atoms with Crippen LogP contribution in [0.1, 0.15) is 6.42 Å². The lowest BCUT2D eigenvalue weighted by Gasteiger charge is -2.14. The topological polar surface area (TPSA) is 24.9 Å². The Morgan fingerprint density at radius 3 is 3.00 bits per heavy atom. The summed E-state index contributed by atoms with van der Waals surface area (Å²) in [6, 6.07) is 6.13. The molecule has 54 valence electrons. The number of hydrogen-bond donors (Lipinski definition) is 1. The van der Waals surface area contributed by atoms with Gasteiger partial charge in [0.2, 0.25) is 0 Å². The lowest BCUT2D eigenvalue weighted by atomic mass is 10.1. The van der Waals surface area contributed by atoms with Gasteiger partial charge in [0.15, 0.2) is 0 Å². The molecular formula is C9H8N2. The van der Waals surface area contributed by atoms with Crippen molar-refractivity contribution in [1.82, 2.24) is 4.98 Å². The molecule has 0 fully saturated rings. The zero-order valence-corrected chi connectivity index (χ0v) is 6.04. The molecule has 0 spiro atoms. The monoisotopic (exact) mass is 144 g/mol. The fourth-order valence-corrected chi connectivity index (χ4v) is 0.918. The third-order valence-electron chi connectivity index (χ3n) is 1.57. The molecule has 1 aromatic heterocycles. The smallest absolute Gasteiger partial charge is 0.126 e. The molecule has 2 heteroatoms. The van der Waals surface area contributed by atoms with Crippen molar-refractivity contribution in [3.8, 4) is 11.8 Å². The van der Waals surface area contributed by atoms with Crippen LogP contribution in [0.25, 0.3) is 0 Å². The van der Waals surface area contributed by atoms with Crippen LogP contribution in [0, 0.1) is 11.8 Å². The first-order valence-electron chi connectivity index (χ1n) is 3.61. The molecule has 0 bridgehead atoms. The van der Waals surface area contributed by atoms with Crippen molar-refractivity contribution in [3.63, 3.8) is 0 Å². The normalized spacial score (nSPS) is 19.5. The molecule has 1 N–H and O–H groups in total. The fraction of sp³-hybridized carbons (Fsp3) is 0.222. The van der Waals surface area contributed by atoms with Crippen molar-refractivity contribution < 1.29 is 0 Å². The number of rotatable bonds is 2. The summed E-state index contributed by atoms with van der Waals surface area (Å²) in [4.78, 5) is 4.12. The molecule has 0 saturated heterocycles. The van der Waals surface area contributed by atoms with E-state index in [-0.39, 0.29) is 0 Å². The number of aromatic nitrogens is 1. The highest BCUT2D eigenvalue weighted by atomic mass is 15.0. The van der Waals surface area contributed by atoms with Crippen LogP contribution in [-0.2, 0) is 0 Å². The largest absolute Gasteiger partial charge is 0.356 e. The molecule has 1 unspecified atom stereocenters. The predicted octanol–water partition coefficient (Wildman–Crippen LogP) is 1.27. The summed E-state index contributed by atoms with van der Waals surface area (Å²) in [5.41, 5.74) is 0. The molecule has 1 aliphatic carbocycles. The number of anilines is 1. The molecular weight excluding hydrogens is 136 g/mol. The molecule has 1 aliphatic rings. The minimum absolute atomic E-state index is 0.324. The van der Waals surface area contributed by atoms with Crippen molar-refractivity contribution >= 4 is 5.82 Å². The molecule has 0 aliphatic heterocycles. The third kappa shape index (κ3) is 1.32. The minimum atomic E-state index is 0.324. The van der Waals surface area contributed by atoms with E-state index >= 15 is 0 Å². The first kappa shape index (κ1) is 6.23. The van der Waals surface area contributed by atoms with E-state index in [0.29, 0.717) is 6.04 Å². The summed E-state index contributed by atoms with van der Waals surface area (Å²) in [6.07, 6.45) is 2.71. The summed E-state index contributed by atoms with van der Waals surface area (Å²) >= 11 is 0. The van der Waals surface area contributed by atoms with Gasteiger partial charge in [-0.15, -0.1) is 0 Å². The third-order valence-corrected chi connectivity index (χ3v) is 1.57. The Balaban J connectivity index is 2.03. The van der Waals surface area contributed by atoms with E-state index in [1.54, 1.807) is 6.20 Å². The molecule has 1 heterocycles. The van der Waals surface area contributed by atoms with Gasteiger partial charge in [0.25, 0.3) is 0 Å². The van der Waals surface area contributed by atoms with Gasteiger partial charge in [0.1, 0.15) is 5.82 Å². The first-order valence-corrected chi connectivity index (χ1v) is 3.61. The van der Waals surface area contributed by atoms with Crippen molar-refractivity contribution in [3.05, 3.63) is 24.4 Å². The van der Waals surface area contributed by atoms with E-state index in [1.165, 1.54) is 0 Å². The maximum atomic E-state index is 4.12. The van der Waals surface area contributed by atoms with E-state index in [0.717, 1.165) is 12.2 Å². The van der Waals surface area contributed by atoms with Crippen molar-refractivity contribution in [2.24, 2.45) is 0 Å². The van der Waals surface area contributed by atoms with Gasteiger partial charge in [-0.1, -0.05) is 17.9 Å². The van der Waals surface area contributed by atoms with E-state index in [2.05, 4.69) is 22.1 Å². The van der Waals surface area contributed by atoms with Crippen molar-refractivity contribution in [2.45, 2.75) is 12.5 Å². The Morgan fingerprint density at radius 1 is 1.55 bits per heavy atom. The fourth-order valence-electron chi connectivity index (χ4n) is 0.918. The summed E-state index contributed by atoms with van der Waals surface area (Å²) in [5, 5.41) is 3.19. The molecule has 1 aromatic rings. The number of nitrogens with one attached hydrogen (secondary N) is 1. The quantitative estimate of drug-likeness (QED) is 0.632. The lowest BCUT2D eigenvalue weighted by molar-refractivity contribution is 0.887. The van der Waals surface area contributed by atoms with Crippen LogP contribution in [0.2, 0.25) is 0 Å². The van der Waals surface area contributed by atoms with Gasteiger partial charge in [-0.2, -0.15) is 0 Å². The van der Waals surface area contributed by atoms with E-state index < -0.39 is 0 Å². The highest BCUT2D eigenvalue weighted by Crippen LogP contribution is 2.07. The van der Waals surface area contributed by atoms with Crippen molar-refractivity contribution in [2.75, 3.05) is 5.32 Å². The molecule has 1 atom stereocenters. The Kier molecular flexibility index (Phi) is 1.49. The van der Waals surface area contributed by atoms with Crippen LogP contribution in [0.15, 0.2) is 24.4 Å². The van der Waals surface area contributed by atoms with Crippen LogP contribution in [-0.4, -0.2) is 11.0 Å². The number of hydrogen-bond acceptors (Lipinski definition) is 2. The Morgan fingerprint density at radius 2 is 2.45 bits per heavy atom. The summed E-state index contributed by atoms with van der Waals surface area (Å²) in [7, 11) is 0. The van der Waals surface area contributed by atoms with Crippen LogP contribution in [0.5, 0.6) is 0 Å². The number of pyridine rings is 1. The standard InChI is InChI=1S/C9H8N2/c1-2-7-10-9(6-1)11-8-4-3-5-8/h1-2,6-8H,4H2,(H,10,11). The van der Waals surface area contributed by atoms with Crippen LogP contribution >= 0.6 is 0 Å². The van der Waals surface area contributed by atoms with Crippen LogP contribution < -0.4 is 5.32 Å². The average molecular weight is 144 g/mol. The SMILES string of the molecule is C1#CC(Nc2ccccn2)C1. The van der Waals surface area contributed by atoms with Gasteiger partial charge in [-0.3, -0.25) is 0 Å². The van der Waals surface area contributed by atoms with Crippen LogP contribution in [0.4, 0.5) is 5.82 Å². The van der Waals surface area contributed by atoms with Gasteiger partial charge in [-0.05, 0) is 12.1 Å². The highest BCUT2D eigenvalue weighted by Gasteiger charge is 2.08. The molecule has 2 nitrogen and oxygen atoms in total. The number of nitrogens with zero attached hydrogens (tertiary/aromatic N) is 1. The minimum Gasteiger partial charge on any atom is -0.356 e. The summed E-state index contributed by atoms with van der Waals surface area (Å²) < 4.78 is 0. The van der Waals surface area contributed by atoms with Gasteiger partial charge < -0.3 is 5.32 Å². The van der Waals surface area contributed by atoms with E-state index in [9.17, 15) is 0 Å². The zero-order chi connectivity index (χ0) is 7.52. The summed E-state index contributed by atoms with van der Waals surface area (Å²) in [6.45, 7) is 0. The second-order valence-corrected chi connectivity index (χ2v) is 2.44. The first-order chi connectivity index (χ1) is 5.45. The van der Waals surface area contributed by atoms with Crippen molar-refractivity contribution in [1.29, 1.82) is 0 Å². The van der Waals surface area contributed by atoms with Crippen LogP contribution in [0.3, 0.4) is 0 Å². The Bertz CT molecular complexity index is 294. The maximum Gasteiger partial charge on any atom is 0.126 e. The van der Waals surface area contributed by atoms with E-state index in [1.807, 2.05) is 18.2 Å². The molecule has 0 saturated carbocycles. The molecule has 11 heavy (non-hydrogen) atoms. The lowest BCUT2D eigenvalue weighted by Crippen LogP contribution is -2.22. The molecule has 0 amide bonds. The second-order valence-electron chi connectivity index (χ2n) is 2.44. The molecule has 0 aromatic carbocycles. The second kappa shape index (κ2) is 2.63. The van der Waals surface area contributed by atoms with E-state index in [4.69, 9.17) is 0 Å². The van der Waals surface area contributed by atoms with Gasteiger partial charge in [0.05, 0.1) is 6.04 Å². The maximum absolute atomic E-state index is 4.12. The Labute approximate surface area is 65.7 Å². The zero-order valence-electron chi connectivity index (χ0n) is 6.04. The molecule has 2 rings (SSSR count). The highest BCUT2D eigenvalue weighted by molar-refractivity contribution is 5.41. The predicted molar refractivity (Wildman–Crippen MR) is 44.0 cm³/mol. The summed E-state index contributed by atoms with van der Waals surface area (Å²) in [5.74, 6) is 6.84. The van der Waals surface area contributed by atoms with Gasteiger partial charge in [0, 0.05) is 12.6 Å². The van der Waals surface area contributed by atoms with Gasteiger partial charge in [-0.25, -0.2) is 4.98 Å². The molecule has 0 radical (unpaired) electrons.